The van der Waals surface area contributed by atoms with Crippen molar-refractivity contribution in [1.29, 1.82) is 0 Å². The zero-order valence-electron chi connectivity index (χ0n) is 10.1. The molecule has 0 amide bonds. The Labute approximate surface area is 102 Å². The van der Waals surface area contributed by atoms with Gasteiger partial charge in [0.05, 0.1) is 11.0 Å². The predicted octanol–water partition coefficient (Wildman–Crippen LogP) is 1.25. The lowest BCUT2D eigenvalue weighted by atomic mass is 10.0. The third kappa shape index (κ3) is 4.11. The molecule has 2 atom stereocenters. The number of nitrogens with two attached hydrogens (primary N) is 1. The number of hydrogen-bond acceptors (Lipinski definition) is 4. The van der Waals surface area contributed by atoms with Crippen LogP contribution in [0.25, 0.3) is 0 Å². The van der Waals surface area contributed by atoms with Crippen molar-refractivity contribution in [2.24, 2.45) is 5.73 Å². The summed E-state index contributed by atoms with van der Waals surface area (Å²) < 4.78 is 22.5. The quantitative estimate of drug-likeness (QED) is 0.832. The first-order valence-corrected chi connectivity index (χ1v) is 7.47. The number of rotatable bonds is 5. The van der Waals surface area contributed by atoms with E-state index in [1.54, 1.807) is 12.1 Å². The number of hydrogen-bond donors (Lipinski definition) is 2. The Balaban J connectivity index is 2.81. The highest BCUT2D eigenvalue weighted by atomic mass is 32.2. The summed E-state index contributed by atoms with van der Waals surface area (Å²) in [6.45, 7) is 1.96. The maximum Gasteiger partial charge on any atom is 0.175 e. The molecule has 17 heavy (non-hydrogen) atoms. The van der Waals surface area contributed by atoms with Crippen molar-refractivity contribution in [2.75, 3.05) is 6.26 Å². The van der Waals surface area contributed by atoms with Gasteiger partial charge in [0.25, 0.3) is 0 Å². The molecule has 4 nitrogen and oxygen atoms in total. The summed E-state index contributed by atoms with van der Waals surface area (Å²) in [5, 5.41) is 9.89. The Morgan fingerprint density at radius 3 is 2.24 bits per heavy atom. The van der Waals surface area contributed by atoms with Crippen LogP contribution in [0.1, 0.15) is 31.4 Å². The van der Waals surface area contributed by atoms with Crippen LogP contribution in [0.2, 0.25) is 0 Å². The van der Waals surface area contributed by atoms with E-state index in [4.69, 9.17) is 5.73 Å². The highest BCUT2D eigenvalue weighted by molar-refractivity contribution is 7.90. The van der Waals surface area contributed by atoms with Gasteiger partial charge in [0.15, 0.2) is 9.84 Å². The zero-order chi connectivity index (χ0) is 13.1. The third-order valence-electron chi connectivity index (χ3n) is 2.74. The largest absolute Gasteiger partial charge is 0.388 e. The van der Waals surface area contributed by atoms with E-state index in [2.05, 4.69) is 0 Å². The molecule has 1 rings (SSSR count). The van der Waals surface area contributed by atoms with Crippen molar-refractivity contribution in [3.05, 3.63) is 29.8 Å². The summed E-state index contributed by atoms with van der Waals surface area (Å²) in [4.78, 5) is 0.258. The van der Waals surface area contributed by atoms with Crippen molar-refractivity contribution >= 4 is 9.84 Å². The van der Waals surface area contributed by atoms with Gasteiger partial charge in [-0.1, -0.05) is 19.1 Å². The minimum atomic E-state index is -3.18. The van der Waals surface area contributed by atoms with Crippen LogP contribution in [-0.4, -0.2) is 25.8 Å². The first-order chi connectivity index (χ1) is 7.84. The van der Waals surface area contributed by atoms with E-state index in [1.807, 2.05) is 6.92 Å². The van der Waals surface area contributed by atoms with Gasteiger partial charge in [-0.05, 0) is 30.5 Å². The summed E-state index contributed by atoms with van der Waals surface area (Å²) in [6.07, 6.45) is 1.80. The van der Waals surface area contributed by atoms with Gasteiger partial charge in [-0.3, -0.25) is 0 Å². The van der Waals surface area contributed by atoms with Crippen LogP contribution in [0.15, 0.2) is 29.2 Å². The monoisotopic (exact) mass is 257 g/mol. The fraction of sp³-hybridized carbons (Fsp3) is 0.500. The highest BCUT2D eigenvalue weighted by Crippen LogP contribution is 2.20. The third-order valence-corrected chi connectivity index (χ3v) is 3.87. The number of aliphatic hydroxyl groups is 1. The van der Waals surface area contributed by atoms with E-state index in [-0.39, 0.29) is 10.9 Å². The molecule has 0 spiro atoms. The second kappa shape index (κ2) is 5.62. The molecule has 0 saturated heterocycles. The van der Waals surface area contributed by atoms with Crippen molar-refractivity contribution in [2.45, 2.75) is 36.8 Å². The van der Waals surface area contributed by atoms with Crippen LogP contribution in [0, 0.1) is 0 Å². The molecule has 0 saturated carbocycles. The van der Waals surface area contributed by atoms with Crippen molar-refractivity contribution in [3.63, 3.8) is 0 Å². The summed E-state index contributed by atoms with van der Waals surface area (Å²) in [6, 6.07) is 6.23. The minimum Gasteiger partial charge on any atom is -0.388 e. The average molecular weight is 257 g/mol. The van der Waals surface area contributed by atoms with Crippen molar-refractivity contribution in [3.8, 4) is 0 Å². The van der Waals surface area contributed by atoms with Gasteiger partial charge in [-0.25, -0.2) is 8.42 Å². The first-order valence-electron chi connectivity index (χ1n) is 5.58. The number of benzene rings is 1. The fourth-order valence-corrected chi connectivity index (χ4v) is 2.16. The van der Waals surface area contributed by atoms with Gasteiger partial charge < -0.3 is 10.8 Å². The summed E-state index contributed by atoms with van der Waals surface area (Å²) in [7, 11) is -3.18. The lowest BCUT2D eigenvalue weighted by Gasteiger charge is -2.15. The average Bonchev–Trinajstić information content (AvgIpc) is 2.27. The molecule has 0 fully saturated rings. The molecule has 0 aliphatic heterocycles. The molecule has 5 heteroatoms. The molecular formula is C12H19NO3S. The van der Waals surface area contributed by atoms with Crippen LogP contribution in [0.4, 0.5) is 0 Å². The minimum absolute atomic E-state index is 0.0421. The van der Waals surface area contributed by atoms with Crippen LogP contribution in [-0.2, 0) is 9.84 Å². The van der Waals surface area contributed by atoms with Gasteiger partial charge in [0, 0.05) is 12.3 Å². The van der Waals surface area contributed by atoms with E-state index >= 15 is 0 Å². The normalized spacial score (nSPS) is 15.5. The lowest BCUT2D eigenvalue weighted by Crippen LogP contribution is -2.21. The standard InChI is InChI=1S/C12H19NO3S/c1-3-10(13)8-12(14)9-4-6-11(7-5-9)17(2,15)16/h4-7,10,12,14H,3,8,13H2,1-2H3. The van der Waals surface area contributed by atoms with E-state index in [1.165, 1.54) is 12.1 Å². The predicted molar refractivity (Wildman–Crippen MR) is 67.4 cm³/mol. The van der Waals surface area contributed by atoms with Crippen LogP contribution < -0.4 is 5.73 Å². The molecule has 0 heterocycles. The molecule has 0 aliphatic rings. The number of aliphatic hydroxyl groups excluding tert-OH is 1. The molecular weight excluding hydrogens is 238 g/mol. The first kappa shape index (κ1) is 14.2. The SMILES string of the molecule is CCC(N)CC(O)c1ccc(S(C)(=O)=O)cc1. The van der Waals surface area contributed by atoms with Crippen molar-refractivity contribution < 1.29 is 13.5 Å². The molecule has 1 aromatic carbocycles. The molecule has 0 radical (unpaired) electrons. The van der Waals surface area contributed by atoms with Gasteiger partial charge >= 0.3 is 0 Å². The van der Waals surface area contributed by atoms with Gasteiger partial charge in [0.2, 0.25) is 0 Å². The Morgan fingerprint density at radius 2 is 1.82 bits per heavy atom. The second-order valence-electron chi connectivity index (χ2n) is 4.26. The van der Waals surface area contributed by atoms with Crippen LogP contribution in [0.3, 0.4) is 0 Å². The van der Waals surface area contributed by atoms with Crippen molar-refractivity contribution in [1.82, 2.24) is 0 Å². The molecule has 0 aromatic heterocycles. The molecule has 3 N–H and O–H groups in total. The Kier molecular flexibility index (Phi) is 4.68. The van der Waals surface area contributed by atoms with Gasteiger partial charge in [0.1, 0.15) is 0 Å². The van der Waals surface area contributed by atoms with Crippen LogP contribution in [0.5, 0.6) is 0 Å². The molecule has 2 unspecified atom stereocenters. The Bertz CT molecular complexity index is 453. The van der Waals surface area contributed by atoms with E-state index in [0.29, 0.717) is 12.0 Å². The van der Waals surface area contributed by atoms with E-state index in [9.17, 15) is 13.5 Å². The smallest absolute Gasteiger partial charge is 0.175 e. The van der Waals surface area contributed by atoms with Gasteiger partial charge in [-0.15, -0.1) is 0 Å². The maximum absolute atomic E-state index is 11.3. The van der Waals surface area contributed by atoms with E-state index in [0.717, 1.165) is 12.7 Å². The molecule has 1 aromatic rings. The summed E-state index contributed by atoms with van der Waals surface area (Å²) in [5.74, 6) is 0. The lowest BCUT2D eigenvalue weighted by molar-refractivity contribution is 0.157. The molecule has 96 valence electrons. The molecule has 0 aliphatic carbocycles. The van der Waals surface area contributed by atoms with E-state index < -0.39 is 15.9 Å². The Hall–Kier alpha value is -0.910. The van der Waals surface area contributed by atoms with Gasteiger partial charge in [-0.2, -0.15) is 0 Å². The summed E-state index contributed by atoms with van der Waals surface area (Å²) >= 11 is 0. The fourth-order valence-electron chi connectivity index (χ4n) is 1.53. The summed E-state index contributed by atoms with van der Waals surface area (Å²) in [5.41, 5.74) is 6.45. The highest BCUT2D eigenvalue weighted by Gasteiger charge is 2.13. The second-order valence-corrected chi connectivity index (χ2v) is 6.28. The maximum atomic E-state index is 11.3. The topological polar surface area (TPSA) is 80.4 Å². The zero-order valence-corrected chi connectivity index (χ0v) is 10.9. The molecule has 0 bridgehead atoms. The Morgan fingerprint density at radius 1 is 1.29 bits per heavy atom. The number of sulfone groups is 1. The van der Waals surface area contributed by atoms with Crippen LogP contribution >= 0.6 is 0 Å².